The molecule has 0 saturated carbocycles. The van der Waals surface area contributed by atoms with Crippen LogP contribution in [0.3, 0.4) is 0 Å². The number of carbonyl (C=O) groups excluding carboxylic acids is 1. The van der Waals surface area contributed by atoms with Gasteiger partial charge in [0.2, 0.25) is 0 Å². The van der Waals surface area contributed by atoms with Gasteiger partial charge in [-0.05, 0) is 42.7 Å². The van der Waals surface area contributed by atoms with Gasteiger partial charge in [-0.1, -0.05) is 24.3 Å². The van der Waals surface area contributed by atoms with Crippen LogP contribution >= 0.6 is 0 Å². The molecule has 1 aliphatic rings. The number of benzene rings is 2. The van der Waals surface area contributed by atoms with Gasteiger partial charge in [0.05, 0.1) is 25.8 Å². The van der Waals surface area contributed by atoms with E-state index in [4.69, 9.17) is 9.47 Å². The van der Waals surface area contributed by atoms with Crippen molar-refractivity contribution in [1.29, 1.82) is 0 Å². The second-order valence-electron chi connectivity index (χ2n) is 5.63. The van der Waals surface area contributed by atoms with Crippen LogP contribution in [-0.4, -0.2) is 31.6 Å². The van der Waals surface area contributed by atoms with Crippen molar-refractivity contribution in [3.05, 3.63) is 59.7 Å². The smallest absolute Gasteiger partial charge is 0.258 e. The van der Waals surface area contributed by atoms with E-state index in [0.717, 1.165) is 30.7 Å². The van der Waals surface area contributed by atoms with Gasteiger partial charge in [-0.15, -0.1) is 0 Å². The molecule has 0 aromatic heterocycles. The minimum absolute atomic E-state index is 0.0211. The number of hydrogen-bond acceptors (Lipinski definition) is 3. The van der Waals surface area contributed by atoms with Crippen LogP contribution in [0, 0.1) is 0 Å². The standard InChI is InChI=1S/C19H21NO3/c1-22-15-8-5-7-14(13-15)17-10-6-12-20(17)19(21)16-9-3-4-11-18(16)23-2/h3-5,7-9,11,13,17H,6,10,12H2,1-2H3. The van der Waals surface area contributed by atoms with Gasteiger partial charge in [-0.3, -0.25) is 4.79 Å². The number of methoxy groups -OCH3 is 2. The summed E-state index contributed by atoms with van der Waals surface area (Å²) in [6, 6.07) is 15.4. The van der Waals surface area contributed by atoms with E-state index in [9.17, 15) is 4.79 Å². The highest BCUT2D eigenvalue weighted by atomic mass is 16.5. The van der Waals surface area contributed by atoms with Crippen molar-refractivity contribution in [2.45, 2.75) is 18.9 Å². The molecule has 1 fully saturated rings. The number of rotatable bonds is 4. The summed E-state index contributed by atoms with van der Waals surface area (Å²) < 4.78 is 10.6. The molecule has 0 N–H and O–H groups in total. The Morgan fingerprint density at radius 1 is 1.09 bits per heavy atom. The molecular weight excluding hydrogens is 290 g/mol. The predicted molar refractivity (Wildman–Crippen MR) is 89.0 cm³/mol. The number of ether oxygens (including phenoxy) is 2. The normalized spacial score (nSPS) is 17.1. The molecule has 4 heteroatoms. The molecule has 1 unspecified atom stereocenters. The topological polar surface area (TPSA) is 38.8 Å². The van der Waals surface area contributed by atoms with Gasteiger partial charge in [0.15, 0.2) is 0 Å². The largest absolute Gasteiger partial charge is 0.497 e. The van der Waals surface area contributed by atoms with Crippen LogP contribution in [-0.2, 0) is 0 Å². The molecular formula is C19H21NO3. The summed E-state index contributed by atoms with van der Waals surface area (Å²) in [5.74, 6) is 1.46. The molecule has 23 heavy (non-hydrogen) atoms. The lowest BCUT2D eigenvalue weighted by molar-refractivity contribution is 0.0732. The third kappa shape index (κ3) is 3.02. The minimum Gasteiger partial charge on any atom is -0.497 e. The van der Waals surface area contributed by atoms with Gasteiger partial charge in [0.25, 0.3) is 5.91 Å². The summed E-state index contributed by atoms with van der Waals surface area (Å²) in [5.41, 5.74) is 1.73. The van der Waals surface area contributed by atoms with E-state index in [0.29, 0.717) is 11.3 Å². The van der Waals surface area contributed by atoms with Gasteiger partial charge < -0.3 is 14.4 Å². The fraction of sp³-hybridized carbons (Fsp3) is 0.316. The Labute approximate surface area is 136 Å². The quantitative estimate of drug-likeness (QED) is 0.864. The zero-order chi connectivity index (χ0) is 16.2. The van der Waals surface area contributed by atoms with E-state index in [1.165, 1.54) is 0 Å². The van der Waals surface area contributed by atoms with E-state index < -0.39 is 0 Å². The van der Waals surface area contributed by atoms with Gasteiger partial charge in [0.1, 0.15) is 11.5 Å². The maximum Gasteiger partial charge on any atom is 0.258 e. The van der Waals surface area contributed by atoms with Crippen LogP contribution in [0.4, 0.5) is 0 Å². The molecule has 1 amide bonds. The summed E-state index contributed by atoms with van der Waals surface area (Å²) in [4.78, 5) is 14.9. The summed E-state index contributed by atoms with van der Waals surface area (Å²) >= 11 is 0. The van der Waals surface area contributed by atoms with Crippen molar-refractivity contribution < 1.29 is 14.3 Å². The second kappa shape index (κ2) is 6.73. The first-order valence-electron chi connectivity index (χ1n) is 7.82. The van der Waals surface area contributed by atoms with E-state index in [-0.39, 0.29) is 11.9 Å². The lowest BCUT2D eigenvalue weighted by Gasteiger charge is -2.26. The number of amides is 1. The molecule has 120 valence electrons. The Hall–Kier alpha value is -2.49. The number of hydrogen-bond donors (Lipinski definition) is 0. The molecule has 4 nitrogen and oxygen atoms in total. The first-order chi connectivity index (χ1) is 11.2. The third-order valence-corrected chi connectivity index (χ3v) is 4.33. The fourth-order valence-corrected chi connectivity index (χ4v) is 3.18. The summed E-state index contributed by atoms with van der Waals surface area (Å²) in [5, 5.41) is 0. The van der Waals surface area contributed by atoms with E-state index in [2.05, 4.69) is 6.07 Å². The highest BCUT2D eigenvalue weighted by molar-refractivity contribution is 5.97. The molecule has 1 atom stereocenters. The highest BCUT2D eigenvalue weighted by Gasteiger charge is 2.31. The Balaban J connectivity index is 1.90. The summed E-state index contributed by atoms with van der Waals surface area (Å²) in [6.07, 6.45) is 1.97. The first-order valence-corrected chi connectivity index (χ1v) is 7.82. The van der Waals surface area contributed by atoms with Crippen LogP contribution < -0.4 is 9.47 Å². The van der Waals surface area contributed by atoms with E-state index in [1.807, 2.05) is 47.4 Å². The van der Waals surface area contributed by atoms with Crippen molar-refractivity contribution in [3.8, 4) is 11.5 Å². The van der Waals surface area contributed by atoms with Crippen molar-refractivity contribution in [2.75, 3.05) is 20.8 Å². The molecule has 2 aromatic rings. The second-order valence-corrected chi connectivity index (χ2v) is 5.63. The lowest BCUT2D eigenvalue weighted by Crippen LogP contribution is -2.30. The maximum absolute atomic E-state index is 13.0. The molecule has 2 aromatic carbocycles. The summed E-state index contributed by atoms with van der Waals surface area (Å²) in [6.45, 7) is 0.763. The molecule has 0 bridgehead atoms. The van der Waals surface area contributed by atoms with Gasteiger partial charge in [-0.2, -0.15) is 0 Å². The van der Waals surface area contributed by atoms with Gasteiger partial charge in [0, 0.05) is 6.54 Å². The van der Waals surface area contributed by atoms with E-state index >= 15 is 0 Å². The molecule has 1 saturated heterocycles. The molecule has 1 heterocycles. The van der Waals surface area contributed by atoms with Gasteiger partial charge in [-0.25, -0.2) is 0 Å². The monoisotopic (exact) mass is 311 g/mol. The van der Waals surface area contributed by atoms with Crippen molar-refractivity contribution in [1.82, 2.24) is 4.90 Å². The number of likely N-dealkylation sites (tertiary alicyclic amines) is 1. The Bertz CT molecular complexity index is 699. The van der Waals surface area contributed by atoms with Crippen LogP contribution in [0.2, 0.25) is 0 Å². The Kier molecular flexibility index (Phi) is 4.51. The van der Waals surface area contributed by atoms with Crippen molar-refractivity contribution >= 4 is 5.91 Å². The molecule has 0 spiro atoms. The number of para-hydroxylation sites is 1. The Morgan fingerprint density at radius 3 is 2.70 bits per heavy atom. The zero-order valence-corrected chi connectivity index (χ0v) is 13.5. The summed E-state index contributed by atoms with van der Waals surface area (Å²) in [7, 11) is 3.25. The average Bonchev–Trinajstić information content (AvgIpc) is 3.10. The number of carbonyl (C=O) groups is 1. The van der Waals surface area contributed by atoms with Crippen molar-refractivity contribution in [2.24, 2.45) is 0 Å². The minimum atomic E-state index is 0.0211. The van der Waals surface area contributed by atoms with Crippen LogP contribution in [0.25, 0.3) is 0 Å². The molecule has 0 radical (unpaired) electrons. The predicted octanol–water partition coefficient (Wildman–Crippen LogP) is 3.68. The molecule has 3 rings (SSSR count). The fourth-order valence-electron chi connectivity index (χ4n) is 3.18. The van der Waals surface area contributed by atoms with Crippen molar-refractivity contribution in [3.63, 3.8) is 0 Å². The number of nitrogens with zero attached hydrogens (tertiary/aromatic N) is 1. The average molecular weight is 311 g/mol. The molecule has 1 aliphatic heterocycles. The zero-order valence-electron chi connectivity index (χ0n) is 13.5. The van der Waals surface area contributed by atoms with Crippen LogP contribution in [0.1, 0.15) is 34.8 Å². The maximum atomic E-state index is 13.0. The highest BCUT2D eigenvalue weighted by Crippen LogP contribution is 2.35. The van der Waals surface area contributed by atoms with E-state index in [1.54, 1.807) is 14.2 Å². The van der Waals surface area contributed by atoms with Crippen LogP contribution in [0.15, 0.2) is 48.5 Å². The van der Waals surface area contributed by atoms with Crippen LogP contribution in [0.5, 0.6) is 11.5 Å². The molecule has 0 aliphatic carbocycles. The van der Waals surface area contributed by atoms with Gasteiger partial charge >= 0.3 is 0 Å². The third-order valence-electron chi connectivity index (χ3n) is 4.33. The first kappa shape index (κ1) is 15.4. The lowest BCUT2D eigenvalue weighted by atomic mass is 10.0. The Morgan fingerprint density at radius 2 is 1.91 bits per heavy atom. The SMILES string of the molecule is COc1cccc(C2CCCN2C(=O)c2ccccc2OC)c1.